The third-order valence-corrected chi connectivity index (χ3v) is 5.25. The first-order valence-corrected chi connectivity index (χ1v) is 7.87. The van der Waals surface area contributed by atoms with Crippen LogP contribution in [0.2, 0.25) is 0 Å². The van der Waals surface area contributed by atoms with Gasteiger partial charge in [-0.05, 0) is 31.1 Å². The molecule has 21 heavy (non-hydrogen) atoms. The Morgan fingerprint density at radius 1 is 1.33 bits per heavy atom. The molecule has 0 spiro atoms. The van der Waals surface area contributed by atoms with Gasteiger partial charge in [-0.2, -0.15) is 0 Å². The fraction of sp³-hybridized carbons (Fsp3) is 0.800. The van der Waals surface area contributed by atoms with Gasteiger partial charge in [0, 0.05) is 13.1 Å². The zero-order valence-electron chi connectivity index (χ0n) is 12.3. The molecule has 0 aromatic carbocycles. The normalized spacial score (nSPS) is 36.5. The van der Waals surface area contributed by atoms with Crippen molar-refractivity contribution >= 4 is 17.8 Å². The number of imide groups is 1. The standard InChI is InChI=1S/C15H22N2O4/c1-2-6-16-12(18)7-11(14(16)19)17-8-9-4-3-5-10(9)13(17)15(20)21/h9-11,13H,2-8H2,1H3,(H,20,21). The summed E-state index contributed by atoms with van der Waals surface area (Å²) in [6.07, 6.45) is 3.91. The molecule has 1 aliphatic carbocycles. The van der Waals surface area contributed by atoms with E-state index in [0.29, 0.717) is 19.0 Å². The number of hydrogen-bond acceptors (Lipinski definition) is 4. The highest BCUT2D eigenvalue weighted by Crippen LogP contribution is 2.44. The molecular weight excluding hydrogens is 272 g/mol. The van der Waals surface area contributed by atoms with E-state index in [1.165, 1.54) is 4.90 Å². The van der Waals surface area contributed by atoms with Gasteiger partial charge in [0.1, 0.15) is 6.04 Å². The zero-order chi connectivity index (χ0) is 15.1. The molecule has 2 saturated heterocycles. The third kappa shape index (κ3) is 2.25. The number of carboxylic acids is 1. The molecule has 6 nitrogen and oxygen atoms in total. The van der Waals surface area contributed by atoms with Crippen LogP contribution in [0.1, 0.15) is 39.0 Å². The fourth-order valence-corrected chi connectivity index (χ4v) is 4.37. The Kier molecular flexibility index (Phi) is 3.73. The SMILES string of the molecule is CCCN1C(=O)CC(N2CC3CCCC3C2C(=O)O)C1=O. The predicted octanol–water partition coefficient (Wildman–Crippen LogP) is 0.709. The van der Waals surface area contributed by atoms with Gasteiger partial charge in [-0.1, -0.05) is 13.3 Å². The summed E-state index contributed by atoms with van der Waals surface area (Å²) < 4.78 is 0. The van der Waals surface area contributed by atoms with E-state index in [0.717, 1.165) is 25.7 Å². The minimum Gasteiger partial charge on any atom is -0.480 e. The van der Waals surface area contributed by atoms with Crippen LogP contribution in [-0.2, 0) is 14.4 Å². The van der Waals surface area contributed by atoms with Crippen LogP contribution in [0.5, 0.6) is 0 Å². The Bertz CT molecular complexity index is 478. The molecule has 1 saturated carbocycles. The highest BCUT2D eigenvalue weighted by molar-refractivity contribution is 6.05. The summed E-state index contributed by atoms with van der Waals surface area (Å²) in [6.45, 7) is 3.01. The molecular formula is C15H22N2O4. The lowest BCUT2D eigenvalue weighted by molar-refractivity contribution is -0.145. The second-order valence-corrected chi connectivity index (χ2v) is 6.44. The van der Waals surface area contributed by atoms with Crippen LogP contribution < -0.4 is 0 Å². The molecule has 0 aromatic rings. The number of carbonyl (C=O) groups is 3. The van der Waals surface area contributed by atoms with E-state index >= 15 is 0 Å². The lowest BCUT2D eigenvalue weighted by atomic mass is 9.94. The summed E-state index contributed by atoms with van der Waals surface area (Å²) in [6, 6.07) is -1.16. The maximum absolute atomic E-state index is 12.5. The van der Waals surface area contributed by atoms with E-state index in [1.54, 1.807) is 4.90 Å². The van der Waals surface area contributed by atoms with Crippen LogP contribution in [0.25, 0.3) is 0 Å². The first-order valence-electron chi connectivity index (χ1n) is 7.87. The summed E-state index contributed by atoms with van der Waals surface area (Å²) in [5, 5.41) is 9.56. The van der Waals surface area contributed by atoms with E-state index in [-0.39, 0.29) is 24.2 Å². The molecule has 2 heterocycles. The van der Waals surface area contributed by atoms with Crippen LogP contribution in [0.4, 0.5) is 0 Å². The Hall–Kier alpha value is -1.43. The van der Waals surface area contributed by atoms with Gasteiger partial charge >= 0.3 is 5.97 Å². The van der Waals surface area contributed by atoms with Crippen molar-refractivity contribution in [3.8, 4) is 0 Å². The Morgan fingerprint density at radius 2 is 2.10 bits per heavy atom. The van der Waals surface area contributed by atoms with Crippen LogP contribution in [0.3, 0.4) is 0 Å². The van der Waals surface area contributed by atoms with Gasteiger partial charge in [-0.3, -0.25) is 24.2 Å². The van der Waals surface area contributed by atoms with E-state index < -0.39 is 18.1 Å². The first kappa shape index (κ1) is 14.5. The van der Waals surface area contributed by atoms with E-state index in [9.17, 15) is 19.5 Å². The van der Waals surface area contributed by atoms with Gasteiger partial charge in [-0.15, -0.1) is 0 Å². The lowest BCUT2D eigenvalue weighted by Gasteiger charge is -2.28. The molecule has 3 fully saturated rings. The second kappa shape index (κ2) is 5.40. The molecule has 6 heteroatoms. The molecule has 4 unspecified atom stereocenters. The van der Waals surface area contributed by atoms with Gasteiger partial charge in [0.2, 0.25) is 11.8 Å². The van der Waals surface area contributed by atoms with Crippen molar-refractivity contribution in [1.82, 2.24) is 9.80 Å². The number of rotatable bonds is 4. The molecule has 0 aromatic heterocycles. The molecule has 3 rings (SSSR count). The maximum Gasteiger partial charge on any atom is 0.321 e. The second-order valence-electron chi connectivity index (χ2n) is 6.44. The minimum absolute atomic E-state index is 0.141. The van der Waals surface area contributed by atoms with Gasteiger partial charge in [0.25, 0.3) is 0 Å². The summed E-state index contributed by atoms with van der Waals surface area (Å²) in [7, 11) is 0. The molecule has 2 aliphatic heterocycles. The highest BCUT2D eigenvalue weighted by Gasteiger charge is 2.54. The van der Waals surface area contributed by atoms with Gasteiger partial charge in [0.15, 0.2) is 0 Å². The molecule has 116 valence electrons. The van der Waals surface area contributed by atoms with E-state index in [4.69, 9.17) is 0 Å². The number of likely N-dealkylation sites (tertiary alicyclic amines) is 2. The van der Waals surface area contributed by atoms with Gasteiger partial charge in [-0.25, -0.2) is 0 Å². The van der Waals surface area contributed by atoms with Crippen molar-refractivity contribution in [1.29, 1.82) is 0 Å². The Balaban J connectivity index is 1.81. The van der Waals surface area contributed by atoms with Crippen molar-refractivity contribution in [2.75, 3.05) is 13.1 Å². The van der Waals surface area contributed by atoms with Crippen LogP contribution in [0.15, 0.2) is 0 Å². The quantitative estimate of drug-likeness (QED) is 0.773. The molecule has 4 atom stereocenters. The summed E-state index contributed by atoms with van der Waals surface area (Å²) in [5.41, 5.74) is 0. The smallest absolute Gasteiger partial charge is 0.321 e. The van der Waals surface area contributed by atoms with Crippen molar-refractivity contribution in [2.24, 2.45) is 11.8 Å². The number of amides is 2. The first-order chi connectivity index (χ1) is 10.0. The summed E-state index contributed by atoms with van der Waals surface area (Å²) >= 11 is 0. The molecule has 0 bridgehead atoms. The molecule has 3 aliphatic rings. The van der Waals surface area contributed by atoms with Crippen molar-refractivity contribution in [3.05, 3.63) is 0 Å². The predicted molar refractivity (Wildman–Crippen MR) is 74.4 cm³/mol. The summed E-state index contributed by atoms with van der Waals surface area (Å²) in [4.78, 5) is 39.2. The van der Waals surface area contributed by atoms with Crippen molar-refractivity contribution in [3.63, 3.8) is 0 Å². The van der Waals surface area contributed by atoms with Crippen molar-refractivity contribution in [2.45, 2.75) is 51.1 Å². The Labute approximate surface area is 124 Å². The minimum atomic E-state index is -0.849. The lowest BCUT2D eigenvalue weighted by Crippen LogP contribution is -2.49. The Morgan fingerprint density at radius 3 is 2.76 bits per heavy atom. The van der Waals surface area contributed by atoms with Crippen LogP contribution >= 0.6 is 0 Å². The number of fused-ring (bicyclic) bond motifs is 1. The monoisotopic (exact) mass is 294 g/mol. The average Bonchev–Trinajstić information content (AvgIpc) is 3.06. The average molecular weight is 294 g/mol. The zero-order valence-corrected chi connectivity index (χ0v) is 12.3. The number of nitrogens with zero attached hydrogens (tertiary/aromatic N) is 2. The fourth-order valence-electron chi connectivity index (χ4n) is 4.37. The van der Waals surface area contributed by atoms with E-state index in [1.807, 2.05) is 6.92 Å². The van der Waals surface area contributed by atoms with Gasteiger partial charge < -0.3 is 5.11 Å². The number of aliphatic carboxylic acids is 1. The van der Waals surface area contributed by atoms with Crippen LogP contribution in [-0.4, -0.2) is 57.9 Å². The topological polar surface area (TPSA) is 77.9 Å². The number of carbonyl (C=O) groups excluding carboxylic acids is 2. The largest absolute Gasteiger partial charge is 0.480 e. The van der Waals surface area contributed by atoms with Crippen LogP contribution in [0, 0.1) is 11.8 Å². The molecule has 1 N–H and O–H groups in total. The van der Waals surface area contributed by atoms with Crippen molar-refractivity contribution < 1.29 is 19.5 Å². The van der Waals surface area contributed by atoms with Gasteiger partial charge in [0.05, 0.1) is 12.5 Å². The van der Waals surface area contributed by atoms with E-state index in [2.05, 4.69) is 0 Å². The molecule has 0 radical (unpaired) electrons. The molecule has 2 amide bonds. The number of carboxylic acid groups (broad SMARTS) is 1. The third-order valence-electron chi connectivity index (χ3n) is 5.25. The number of hydrogen-bond donors (Lipinski definition) is 1. The maximum atomic E-state index is 12.5. The summed E-state index contributed by atoms with van der Waals surface area (Å²) in [5.74, 6) is -0.695. The highest BCUT2D eigenvalue weighted by atomic mass is 16.4.